The average molecular weight is 237 g/mol. The zero-order valence-electron chi connectivity index (χ0n) is 11.4. The minimum Gasteiger partial charge on any atom is -0.381 e. The lowest BCUT2D eigenvalue weighted by Crippen LogP contribution is -2.23. The Morgan fingerprint density at radius 2 is 2.06 bits per heavy atom. The fraction of sp³-hybridized carbons (Fsp3) is 0.692. The van der Waals surface area contributed by atoms with Gasteiger partial charge < -0.3 is 10.1 Å². The molecule has 0 amide bonds. The lowest BCUT2D eigenvalue weighted by molar-refractivity contribution is 0.117. The number of nitrogens with one attached hydrogen (secondary N) is 1. The first-order valence-corrected chi connectivity index (χ1v) is 6.10. The second-order valence-electron chi connectivity index (χ2n) is 4.68. The zero-order valence-corrected chi connectivity index (χ0v) is 11.4. The molecule has 0 spiro atoms. The monoisotopic (exact) mass is 237 g/mol. The molecule has 1 rings (SSSR count). The minimum absolute atomic E-state index is 0.161. The summed E-state index contributed by atoms with van der Waals surface area (Å²) in [6.45, 7) is 9.13. The van der Waals surface area contributed by atoms with Gasteiger partial charge in [0, 0.05) is 43.6 Å². The summed E-state index contributed by atoms with van der Waals surface area (Å²) in [5.74, 6) is 0.852. The first-order valence-electron chi connectivity index (χ1n) is 6.10. The molecule has 0 saturated carbocycles. The number of aryl methyl sites for hydroxylation is 1. The molecule has 1 atom stereocenters. The van der Waals surface area contributed by atoms with E-state index in [-0.39, 0.29) is 6.10 Å². The van der Waals surface area contributed by atoms with E-state index in [0.717, 1.165) is 30.0 Å². The van der Waals surface area contributed by atoms with Gasteiger partial charge >= 0.3 is 0 Å². The summed E-state index contributed by atoms with van der Waals surface area (Å²) in [7, 11) is 1.71. The highest BCUT2D eigenvalue weighted by Gasteiger charge is 2.07. The maximum Gasteiger partial charge on any atom is 0.131 e. The van der Waals surface area contributed by atoms with Gasteiger partial charge in [0.15, 0.2) is 0 Å². The Labute approximate surface area is 104 Å². The van der Waals surface area contributed by atoms with E-state index >= 15 is 0 Å². The average Bonchev–Trinajstić information content (AvgIpc) is 2.27. The van der Waals surface area contributed by atoms with Gasteiger partial charge in [-0.3, -0.25) is 0 Å². The lowest BCUT2D eigenvalue weighted by atomic mass is 10.2. The highest BCUT2D eigenvalue weighted by molar-refractivity contribution is 5.16. The third kappa shape index (κ3) is 4.79. The van der Waals surface area contributed by atoms with E-state index in [1.807, 2.05) is 20.0 Å². The van der Waals surface area contributed by atoms with Gasteiger partial charge in [-0.1, -0.05) is 13.8 Å². The summed E-state index contributed by atoms with van der Waals surface area (Å²) < 4.78 is 5.21. The van der Waals surface area contributed by atoms with Gasteiger partial charge in [-0.05, 0) is 13.8 Å². The highest BCUT2D eigenvalue weighted by Crippen LogP contribution is 2.06. The predicted octanol–water partition coefficient (Wildman–Crippen LogP) is 1.86. The van der Waals surface area contributed by atoms with Crippen LogP contribution in [-0.4, -0.2) is 29.2 Å². The molecular weight excluding hydrogens is 214 g/mol. The third-order valence-electron chi connectivity index (χ3n) is 2.70. The van der Waals surface area contributed by atoms with Gasteiger partial charge in [-0.2, -0.15) is 0 Å². The molecule has 4 nitrogen and oxygen atoms in total. The summed E-state index contributed by atoms with van der Waals surface area (Å²) in [6, 6.07) is 0.475. The zero-order chi connectivity index (χ0) is 12.8. The highest BCUT2D eigenvalue weighted by atomic mass is 16.5. The Bertz CT molecular complexity index is 353. The Balaban J connectivity index is 2.65. The van der Waals surface area contributed by atoms with Crippen molar-refractivity contribution >= 4 is 0 Å². The molecule has 4 heteroatoms. The van der Waals surface area contributed by atoms with Crippen LogP contribution >= 0.6 is 0 Å². The van der Waals surface area contributed by atoms with Crippen molar-refractivity contribution in [1.29, 1.82) is 0 Å². The van der Waals surface area contributed by atoms with Crippen molar-refractivity contribution in [3.8, 4) is 0 Å². The lowest BCUT2D eigenvalue weighted by Gasteiger charge is -2.12. The van der Waals surface area contributed by atoms with Crippen molar-refractivity contribution < 1.29 is 4.74 Å². The van der Waals surface area contributed by atoms with Crippen LogP contribution in [0.2, 0.25) is 0 Å². The molecule has 1 aromatic rings. The number of nitrogens with zero attached hydrogens (tertiary/aromatic N) is 2. The van der Waals surface area contributed by atoms with Crippen molar-refractivity contribution in [3.63, 3.8) is 0 Å². The van der Waals surface area contributed by atoms with Crippen LogP contribution in [0.1, 0.15) is 37.9 Å². The molecule has 1 aromatic heterocycles. The van der Waals surface area contributed by atoms with Crippen LogP contribution in [0.15, 0.2) is 6.20 Å². The third-order valence-corrected chi connectivity index (χ3v) is 2.70. The number of aromatic nitrogens is 2. The van der Waals surface area contributed by atoms with Crippen molar-refractivity contribution in [2.24, 2.45) is 0 Å². The summed E-state index contributed by atoms with van der Waals surface area (Å²) in [5.41, 5.74) is 2.21. The summed E-state index contributed by atoms with van der Waals surface area (Å²) >= 11 is 0. The van der Waals surface area contributed by atoms with Crippen molar-refractivity contribution in [2.75, 3.05) is 7.11 Å². The number of hydrogen-bond acceptors (Lipinski definition) is 4. The number of rotatable bonds is 6. The van der Waals surface area contributed by atoms with Crippen LogP contribution < -0.4 is 5.32 Å². The fourth-order valence-corrected chi connectivity index (χ4v) is 1.47. The summed E-state index contributed by atoms with van der Waals surface area (Å²) in [6.07, 6.45) is 2.83. The van der Waals surface area contributed by atoms with E-state index in [0.29, 0.717) is 6.04 Å². The molecule has 1 N–H and O–H groups in total. The van der Waals surface area contributed by atoms with E-state index in [1.54, 1.807) is 7.11 Å². The van der Waals surface area contributed by atoms with Crippen molar-refractivity contribution in [2.45, 2.75) is 52.8 Å². The molecule has 0 aromatic carbocycles. The van der Waals surface area contributed by atoms with Crippen LogP contribution in [0.4, 0.5) is 0 Å². The molecule has 0 bridgehead atoms. The molecule has 96 valence electrons. The second-order valence-corrected chi connectivity index (χ2v) is 4.68. The first-order chi connectivity index (χ1) is 8.02. The Morgan fingerprint density at radius 1 is 1.35 bits per heavy atom. The quantitative estimate of drug-likeness (QED) is 0.820. The van der Waals surface area contributed by atoms with Gasteiger partial charge in [-0.25, -0.2) is 9.97 Å². The molecule has 17 heavy (non-hydrogen) atoms. The smallest absolute Gasteiger partial charge is 0.131 e. The molecule has 0 radical (unpaired) electrons. The maximum absolute atomic E-state index is 5.21. The molecule has 1 heterocycles. The Hall–Kier alpha value is -1.00. The molecule has 0 aliphatic heterocycles. The number of ether oxygens (including phenoxy) is 1. The van der Waals surface area contributed by atoms with Gasteiger partial charge in [0.05, 0.1) is 6.10 Å². The maximum atomic E-state index is 5.21. The SMILES string of the molecule is COC(C)Cc1ncc(CNC(C)C)c(C)n1. The Morgan fingerprint density at radius 3 is 2.59 bits per heavy atom. The normalized spacial score (nSPS) is 13.1. The van der Waals surface area contributed by atoms with E-state index in [4.69, 9.17) is 4.74 Å². The van der Waals surface area contributed by atoms with Gasteiger partial charge in [0.1, 0.15) is 5.82 Å². The van der Waals surface area contributed by atoms with E-state index in [2.05, 4.69) is 29.1 Å². The van der Waals surface area contributed by atoms with Crippen LogP contribution in [0.3, 0.4) is 0 Å². The van der Waals surface area contributed by atoms with Crippen LogP contribution in [0.25, 0.3) is 0 Å². The molecule has 0 aliphatic carbocycles. The molecule has 0 fully saturated rings. The molecule has 0 saturated heterocycles. The predicted molar refractivity (Wildman–Crippen MR) is 68.9 cm³/mol. The van der Waals surface area contributed by atoms with E-state index < -0.39 is 0 Å². The molecular formula is C13H23N3O. The topological polar surface area (TPSA) is 47.0 Å². The van der Waals surface area contributed by atoms with Gasteiger partial charge in [0.25, 0.3) is 0 Å². The molecule has 1 unspecified atom stereocenters. The summed E-state index contributed by atoms with van der Waals surface area (Å²) in [5, 5.41) is 3.37. The van der Waals surface area contributed by atoms with Gasteiger partial charge in [-0.15, -0.1) is 0 Å². The van der Waals surface area contributed by atoms with Crippen LogP contribution in [0, 0.1) is 6.92 Å². The molecule has 0 aliphatic rings. The second kappa shape index (κ2) is 6.67. The van der Waals surface area contributed by atoms with Crippen molar-refractivity contribution in [1.82, 2.24) is 15.3 Å². The number of methoxy groups -OCH3 is 1. The minimum atomic E-state index is 0.161. The van der Waals surface area contributed by atoms with Crippen molar-refractivity contribution in [3.05, 3.63) is 23.3 Å². The standard InChI is InChI=1S/C13H23N3O/c1-9(2)14-7-12-8-15-13(16-11(12)4)6-10(3)17-5/h8-10,14H,6-7H2,1-5H3. The van der Waals surface area contributed by atoms with Gasteiger partial charge in [0.2, 0.25) is 0 Å². The van der Waals surface area contributed by atoms with E-state index in [1.165, 1.54) is 0 Å². The largest absolute Gasteiger partial charge is 0.381 e. The van der Waals surface area contributed by atoms with Crippen LogP contribution in [0.5, 0.6) is 0 Å². The van der Waals surface area contributed by atoms with Crippen LogP contribution in [-0.2, 0) is 17.7 Å². The number of hydrogen-bond donors (Lipinski definition) is 1. The first kappa shape index (κ1) is 14.1. The Kier molecular flexibility index (Phi) is 5.51. The van der Waals surface area contributed by atoms with E-state index in [9.17, 15) is 0 Å². The fourth-order valence-electron chi connectivity index (χ4n) is 1.47. The summed E-state index contributed by atoms with van der Waals surface area (Å²) in [4.78, 5) is 8.88.